The van der Waals surface area contributed by atoms with Crippen molar-refractivity contribution in [3.63, 3.8) is 0 Å². The number of ether oxygens (including phenoxy) is 1. The van der Waals surface area contributed by atoms with E-state index in [9.17, 15) is 0 Å². The summed E-state index contributed by atoms with van der Waals surface area (Å²) in [5, 5.41) is 0. The highest BCUT2D eigenvalue weighted by molar-refractivity contribution is 6.03. The first-order valence-electron chi connectivity index (χ1n) is 6.61. The van der Waals surface area contributed by atoms with E-state index < -0.39 is 0 Å². The van der Waals surface area contributed by atoms with Gasteiger partial charge >= 0.3 is 0 Å². The molecule has 0 spiro atoms. The van der Waals surface area contributed by atoms with Crippen molar-refractivity contribution in [1.82, 2.24) is 0 Å². The van der Waals surface area contributed by atoms with Gasteiger partial charge in [-0.15, -0.1) is 0 Å². The Hall–Kier alpha value is -2.09. The van der Waals surface area contributed by atoms with Crippen LogP contribution in [0.3, 0.4) is 0 Å². The highest BCUT2D eigenvalue weighted by Gasteiger charge is 2.13. The van der Waals surface area contributed by atoms with E-state index >= 15 is 0 Å². The van der Waals surface area contributed by atoms with E-state index in [2.05, 4.69) is 36.4 Å². The molecule has 19 heavy (non-hydrogen) atoms. The summed E-state index contributed by atoms with van der Waals surface area (Å²) >= 11 is 0. The molecule has 1 aliphatic rings. The summed E-state index contributed by atoms with van der Waals surface area (Å²) in [6.45, 7) is 0.905. The normalized spacial score (nSPS) is 13.6. The lowest BCUT2D eigenvalue weighted by Crippen LogP contribution is -2.15. The van der Waals surface area contributed by atoms with Crippen LogP contribution in [0.2, 0.25) is 0 Å². The minimum Gasteiger partial charge on any atom is -0.497 e. The van der Waals surface area contributed by atoms with Gasteiger partial charge in [-0.25, -0.2) is 0 Å². The Morgan fingerprint density at radius 2 is 1.84 bits per heavy atom. The predicted molar refractivity (Wildman–Crippen MR) is 78.2 cm³/mol. The second-order valence-electron chi connectivity index (χ2n) is 4.76. The van der Waals surface area contributed by atoms with Crippen molar-refractivity contribution < 1.29 is 4.74 Å². The Bertz CT molecular complexity index is 599. The van der Waals surface area contributed by atoms with Crippen LogP contribution in [0.1, 0.15) is 16.7 Å². The first-order valence-corrected chi connectivity index (χ1v) is 6.61. The molecular formula is C17H17NO. The standard InChI is InChI=1S/C17H17NO/c1-19-15-8-6-13(7-9-15)12-17-16-5-3-2-4-14(16)10-11-18-17/h2-9H,10-12H2,1H3. The van der Waals surface area contributed by atoms with Crippen molar-refractivity contribution in [3.05, 3.63) is 65.2 Å². The molecule has 1 aliphatic heterocycles. The first kappa shape index (κ1) is 12.0. The van der Waals surface area contributed by atoms with Gasteiger partial charge in [0.2, 0.25) is 0 Å². The molecule has 0 fully saturated rings. The van der Waals surface area contributed by atoms with Crippen LogP contribution in [0.5, 0.6) is 5.75 Å². The molecule has 0 bridgehead atoms. The van der Waals surface area contributed by atoms with Crippen LogP contribution in [0, 0.1) is 0 Å². The van der Waals surface area contributed by atoms with Crippen LogP contribution in [0.4, 0.5) is 0 Å². The van der Waals surface area contributed by atoms with Gasteiger partial charge < -0.3 is 4.74 Å². The number of hydrogen-bond acceptors (Lipinski definition) is 2. The van der Waals surface area contributed by atoms with Crippen molar-refractivity contribution in [3.8, 4) is 5.75 Å². The molecule has 0 N–H and O–H groups in total. The zero-order chi connectivity index (χ0) is 13.1. The summed E-state index contributed by atoms with van der Waals surface area (Å²) in [4.78, 5) is 4.69. The van der Waals surface area contributed by atoms with Gasteiger partial charge in [0.05, 0.1) is 7.11 Å². The van der Waals surface area contributed by atoms with Crippen LogP contribution in [-0.2, 0) is 12.8 Å². The Labute approximate surface area is 113 Å². The predicted octanol–water partition coefficient (Wildman–Crippen LogP) is 3.28. The highest BCUT2D eigenvalue weighted by Crippen LogP contribution is 2.19. The Morgan fingerprint density at radius 3 is 2.63 bits per heavy atom. The maximum absolute atomic E-state index is 5.19. The fourth-order valence-electron chi connectivity index (χ4n) is 2.50. The van der Waals surface area contributed by atoms with Crippen LogP contribution < -0.4 is 4.74 Å². The molecule has 0 amide bonds. The van der Waals surface area contributed by atoms with Crippen molar-refractivity contribution in [2.45, 2.75) is 12.8 Å². The van der Waals surface area contributed by atoms with Gasteiger partial charge in [0.15, 0.2) is 0 Å². The molecule has 2 aromatic rings. The van der Waals surface area contributed by atoms with E-state index in [1.54, 1.807) is 7.11 Å². The van der Waals surface area contributed by atoms with Crippen LogP contribution >= 0.6 is 0 Å². The molecular weight excluding hydrogens is 234 g/mol. The fourth-order valence-corrected chi connectivity index (χ4v) is 2.50. The molecule has 0 aromatic heterocycles. The molecule has 2 heteroatoms. The molecule has 0 atom stereocenters. The minimum atomic E-state index is 0.890. The lowest BCUT2D eigenvalue weighted by atomic mass is 9.94. The van der Waals surface area contributed by atoms with E-state index in [1.165, 1.54) is 22.4 Å². The maximum Gasteiger partial charge on any atom is 0.118 e. The van der Waals surface area contributed by atoms with Crippen LogP contribution in [0.15, 0.2) is 53.5 Å². The second-order valence-corrected chi connectivity index (χ2v) is 4.76. The third-order valence-corrected chi connectivity index (χ3v) is 3.54. The number of hydrogen-bond donors (Lipinski definition) is 0. The summed E-state index contributed by atoms with van der Waals surface area (Å²) < 4.78 is 5.19. The van der Waals surface area contributed by atoms with Gasteiger partial charge in [-0.1, -0.05) is 36.4 Å². The summed E-state index contributed by atoms with van der Waals surface area (Å²) in [6, 6.07) is 16.8. The number of benzene rings is 2. The van der Waals surface area contributed by atoms with Crippen molar-refractivity contribution in [2.24, 2.45) is 4.99 Å². The Kier molecular flexibility index (Phi) is 3.32. The van der Waals surface area contributed by atoms with Crippen molar-refractivity contribution in [2.75, 3.05) is 13.7 Å². The number of aliphatic imine (C=N–C) groups is 1. The van der Waals surface area contributed by atoms with Gasteiger partial charge in [-0.05, 0) is 35.2 Å². The Morgan fingerprint density at radius 1 is 1.05 bits per heavy atom. The average Bonchev–Trinajstić information content (AvgIpc) is 2.48. The second kappa shape index (κ2) is 5.27. The lowest BCUT2D eigenvalue weighted by molar-refractivity contribution is 0.414. The Balaban J connectivity index is 1.85. The highest BCUT2D eigenvalue weighted by atomic mass is 16.5. The zero-order valence-electron chi connectivity index (χ0n) is 11.1. The lowest BCUT2D eigenvalue weighted by Gasteiger charge is -2.16. The zero-order valence-corrected chi connectivity index (χ0v) is 11.1. The molecule has 0 saturated carbocycles. The van der Waals surface area contributed by atoms with Crippen molar-refractivity contribution >= 4 is 5.71 Å². The van der Waals surface area contributed by atoms with E-state index in [0.29, 0.717) is 0 Å². The van der Waals surface area contributed by atoms with Gasteiger partial charge in [-0.2, -0.15) is 0 Å². The first-order chi connectivity index (χ1) is 9.36. The summed E-state index contributed by atoms with van der Waals surface area (Å²) in [7, 11) is 1.69. The fraction of sp³-hybridized carbons (Fsp3) is 0.235. The minimum absolute atomic E-state index is 0.890. The largest absolute Gasteiger partial charge is 0.497 e. The van der Waals surface area contributed by atoms with E-state index in [4.69, 9.17) is 9.73 Å². The molecule has 0 aliphatic carbocycles. The van der Waals surface area contributed by atoms with Crippen LogP contribution in [-0.4, -0.2) is 19.4 Å². The summed E-state index contributed by atoms with van der Waals surface area (Å²) in [5.41, 5.74) is 5.20. The monoisotopic (exact) mass is 251 g/mol. The molecule has 3 rings (SSSR count). The molecule has 2 aromatic carbocycles. The topological polar surface area (TPSA) is 21.6 Å². The quantitative estimate of drug-likeness (QED) is 0.820. The number of methoxy groups -OCH3 is 1. The number of nitrogens with zero attached hydrogens (tertiary/aromatic N) is 1. The van der Waals surface area contributed by atoms with Gasteiger partial charge in [-0.3, -0.25) is 4.99 Å². The summed E-state index contributed by atoms with van der Waals surface area (Å²) in [6.07, 6.45) is 1.95. The van der Waals surface area contributed by atoms with E-state index in [-0.39, 0.29) is 0 Å². The molecule has 2 nitrogen and oxygen atoms in total. The van der Waals surface area contributed by atoms with Gasteiger partial charge in [0.25, 0.3) is 0 Å². The third kappa shape index (κ3) is 2.53. The maximum atomic E-state index is 5.19. The number of fused-ring (bicyclic) bond motifs is 1. The molecule has 96 valence electrons. The third-order valence-electron chi connectivity index (χ3n) is 3.54. The van der Waals surface area contributed by atoms with Gasteiger partial charge in [0.1, 0.15) is 5.75 Å². The molecule has 1 heterocycles. The molecule has 0 saturated heterocycles. The van der Waals surface area contributed by atoms with Gasteiger partial charge in [0, 0.05) is 18.7 Å². The smallest absolute Gasteiger partial charge is 0.118 e. The molecule has 0 unspecified atom stereocenters. The molecule has 0 radical (unpaired) electrons. The van der Waals surface area contributed by atoms with Crippen LogP contribution in [0.25, 0.3) is 0 Å². The SMILES string of the molecule is COc1ccc(CC2=NCCc3ccccc32)cc1. The summed E-state index contributed by atoms with van der Waals surface area (Å²) in [5.74, 6) is 0.898. The average molecular weight is 251 g/mol. The van der Waals surface area contributed by atoms with E-state index in [0.717, 1.165) is 25.1 Å². The van der Waals surface area contributed by atoms with Crippen molar-refractivity contribution in [1.29, 1.82) is 0 Å². The number of rotatable bonds is 3. The van der Waals surface area contributed by atoms with E-state index in [1.807, 2.05) is 12.1 Å².